The Bertz CT molecular complexity index is 775. The van der Waals surface area contributed by atoms with E-state index in [1.54, 1.807) is 18.7 Å². The fourth-order valence-electron chi connectivity index (χ4n) is 3.83. The molecule has 3 atom stereocenters. The molecule has 1 aliphatic rings. The first-order valence-corrected chi connectivity index (χ1v) is 9.96. The second kappa shape index (κ2) is 10.2. The summed E-state index contributed by atoms with van der Waals surface area (Å²) < 4.78 is 0. The molecule has 0 bridgehead atoms. The van der Waals surface area contributed by atoms with Crippen molar-refractivity contribution < 1.29 is 4.84 Å². The number of rotatable bonds is 9. The maximum Gasteiger partial charge on any atom is 0.100 e. The van der Waals surface area contributed by atoms with Crippen molar-refractivity contribution in [1.29, 1.82) is 0 Å². The van der Waals surface area contributed by atoms with Crippen LogP contribution in [0, 0.1) is 5.92 Å². The molecule has 4 heterocycles. The molecular weight excluding hydrogens is 366 g/mol. The van der Waals surface area contributed by atoms with Gasteiger partial charge in [-0.25, -0.2) is 4.98 Å². The number of imidazole rings is 1. The highest BCUT2D eigenvalue weighted by Crippen LogP contribution is 2.30. The fourth-order valence-corrected chi connectivity index (χ4v) is 3.83. The lowest BCUT2D eigenvalue weighted by molar-refractivity contribution is -0.0616. The van der Waals surface area contributed by atoms with Gasteiger partial charge in [0.2, 0.25) is 0 Å². The summed E-state index contributed by atoms with van der Waals surface area (Å²) in [5.74, 6) is 0.576. The van der Waals surface area contributed by atoms with Crippen molar-refractivity contribution in [3.8, 4) is 0 Å². The quantitative estimate of drug-likeness (QED) is 0.408. The highest BCUT2D eigenvalue weighted by Gasteiger charge is 2.36. The molecule has 8 nitrogen and oxygen atoms in total. The van der Waals surface area contributed by atoms with E-state index in [9.17, 15) is 0 Å². The molecule has 0 aromatic carbocycles. The number of hydroxylamine groups is 1. The Morgan fingerprint density at radius 1 is 0.966 bits per heavy atom. The van der Waals surface area contributed by atoms with Gasteiger partial charge in [0.1, 0.15) is 6.10 Å². The van der Waals surface area contributed by atoms with Crippen LogP contribution in [0.5, 0.6) is 0 Å². The van der Waals surface area contributed by atoms with Gasteiger partial charge < -0.3 is 15.6 Å². The minimum Gasteiger partial charge on any atom is -0.348 e. The Balaban J connectivity index is 1.36. The third kappa shape index (κ3) is 5.45. The van der Waals surface area contributed by atoms with Gasteiger partial charge in [0.25, 0.3) is 0 Å². The van der Waals surface area contributed by atoms with Gasteiger partial charge in [0.15, 0.2) is 0 Å². The molecule has 4 N–H and O–H groups in total. The van der Waals surface area contributed by atoms with Crippen LogP contribution < -0.4 is 16.1 Å². The van der Waals surface area contributed by atoms with Crippen molar-refractivity contribution in [2.24, 2.45) is 5.92 Å². The SMILES string of the molecule is c1cncc(CNCC2CNCC(ONCc3cccnc3)C2c2cnc[nH]2)c1. The van der Waals surface area contributed by atoms with E-state index in [1.165, 1.54) is 5.56 Å². The summed E-state index contributed by atoms with van der Waals surface area (Å²) in [5, 5.41) is 7.08. The molecule has 0 radical (unpaired) electrons. The van der Waals surface area contributed by atoms with Crippen molar-refractivity contribution in [3.05, 3.63) is 78.4 Å². The number of H-pyrrole nitrogens is 1. The molecule has 1 aliphatic heterocycles. The molecule has 0 aliphatic carbocycles. The smallest absolute Gasteiger partial charge is 0.100 e. The molecule has 1 saturated heterocycles. The predicted octanol–water partition coefficient (Wildman–Crippen LogP) is 1.38. The molecule has 8 heteroatoms. The number of hydrogen-bond donors (Lipinski definition) is 4. The summed E-state index contributed by atoms with van der Waals surface area (Å²) in [4.78, 5) is 21.9. The molecule has 0 spiro atoms. The van der Waals surface area contributed by atoms with Crippen LogP contribution >= 0.6 is 0 Å². The summed E-state index contributed by atoms with van der Waals surface area (Å²) in [7, 11) is 0. The third-order valence-corrected chi connectivity index (χ3v) is 5.23. The van der Waals surface area contributed by atoms with Crippen LogP contribution in [0.15, 0.2) is 61.6 Å². The minimum absolute atomic E-state index is 0.00827. The standard InChI is InChI=1S/C21H27N7O/c1-3-16(7-22-5-1)9-24-11-18-12-25-14-20(21(18)19-13-26-15-27-19)29-28-10-17-4-2-6-23-8-17/h1-8,13,15,18,20-21,24-25,28H,9-12,14H2,(H,26,27). The van der Waals surface area contributed by atoms with Gasteiger partial charge in [-0.2, -0.15) is 5.48 Å². The molecule has 1 fully saturated rings. The number of nitrogens with zero attached hydrogens (tertiary/aromatic N) is 3. The van der Waals surface area contributed by atoms with Crippen LogP contribution in [-0.2, 0) is 17.9 Å². The molecule has 29 heavy (non-hydrogen) atoms. The van der Waals surface area contributed by atoms with Gasteiger partial charge in [0, 0.05) is 75.3 Å². The lowest BCUT2D eigenvalue weighted by Crippen LogP contribution is -2.51. The zero-order chi connectivity index (χ0) is 19.7. The van der Waals surface area contributed by atoms with E-state index in [1.807, 2.05) is 36.8 Å². The number of aromatic amines is 1. The van der Waals surface area contributed by atoms with Gasteiger partial charge in [-0.1, -0.05) is 12.1 Å². The first-order valence-electron chi connectivity index (χ1n) is 9.96. The lowest BCUT2D eigenvalue weighted by atomic mass is 9.82. The van der Waals surface area contributed by atoms with Crippen molar-refractivity contribution in [1.82, 2.24) is 36.0 Å². The van der Waals surface area contributed by atoms with E-state index in [0.717, 1.165) is 37.4 Å². The Morgan fingerprint density at radius 2 is 1.76 bits per heavy atom. The van der Waals surface area contributed by atoms with E-state index in [4.69, 9.17) is 4.84 Å². The normalized spacial score (nSPS) is 21.9. The van der Waals surface area contributed by atoms with Crippen molar-refractivity contribution in [3.63, 3.8) is 0 Å². The topological polar surface area (TPSA) is 99.8 Å². The summed E-state index contributed by atoms with van der Waals surface area (Å²) in [6, 6.07) is 8.00. The minimum atomic E-state index is -0.00827. The van der Waals surface area contributed by atoms with Crippen LogP contribution in [0.4, 0.5) is 0 Å². The molecule has 0 saturated carbocycles. The van der Waals surface area contributed by atoms with E-state index in [0.29, 0.717) is 12.5 Å². The van der Waals surface area contributed by atoms with Crippen LogP contribution in [0.25, 0.3) is 0 Å². The fraction of sp³-hybridized carbons (Fsp3) is 0.381. The molecule has 3 aromatic heterocycles. The van der Waals surface area contributed by atoms with Crippen LogP contribution in [0.1, 0.15) is 22.7 Å². The summed E-state index contributed by atoms with van der Waals surface area (Å²) in [6.07, 6.45) is 10.9. The molecule has 4 rings (SSSR count). The molecule has 3 aromatic rings. The van der Waals surface area contributed by atoms with Crippen LogP contribution in [-0.4, -0.2) is 45.7 Å². The first kappa shape index (κ1) is 19.7. The number of aromatic nitrogens is 4. The summed E-state index contributed by atoms with van der Waals surface area (Å²) in [5.41, 5.74) is 6.50. The molecular formula is C21H27N7O. The predicted molar refractivity (Wildman–Crippen MR) is 110 cm³/mol. The molecule has 0 amide bonds. The van der Waals surface area contributed by atoms with Gasteiger partial charge in [0.05, 0.1) is 6.33 Å². The van der Waals surface area contributed by atoms with E-state index >= 15 is 0 Å². The Morgan fingerprint density at radius 3 is 2.45 bits per heavy atom. The van der Waals surface area contributed by atoms with Gasteiger partial charge >= 0.3 is 0 Å². The van der Waals surface area contributed by atoms with Gasteiger partial charge in [-0.3, -0.25) is 14.8 Å². The van der Waals surface area contributed by atoms with E-state index < -0.39 is 0 Å². The third-order valence-electron chi connectivity index (χ3n) is 5.23. The van der Waals surface area contributed by atoms with Crippen molar-refractivity contribution >= 4 is 0 Å². The van der Waals surface area contributed by atoms with Gasteiger partial charge in [-0.05, 0) is 29.2 Å². The van der Waals surface area contributed by atoms with E-state index in [2.05, 4.69) is 42.1 Å². The molecule has 3 unspecified atom stereocenters. The number of nitrogens with one attached hydrogen (secondary N) is 4. The first-order chi connectivity index (χ1) is 14.4. The Hall–Kier alpha value is -2.65. The van der Waals surface area contributed by atoms with Crippen LogP contribution in [0.2, 0.25) is 0 Å². The highest BCUT2D eigenvalue weighted by atomic mass is 16.7. The Kier molecular flexibility index (Phi) is 6.93. The average Bonchev–Trinajstić information content (AvgIpc) is 3.30. The molecule has 152 valence electrons. The zero-order valence-electron chi connectivity index (χ0n) is 16.3. The lowest BCUT2D eigenvalue weighted by Gasteiger charge is -2.38. The van der Waals surface area contributed by atoms with Gasteiger partial charge in [-0.15, -0.1) is 0 Å². The maximum absolute atomic E-state index is 6.09. The van der Waals surface area contributed by atoms with Crippen molar-refractivity contribution in [2.45, 2.75) is 25.1 Å². The summed E-state index contributed by atoms with van der Waals surface area (Å²) >= 11 is 0. The Labute approximate surface area is 170 Å². The zero-order valence-corrected chi connectivity index (χ0v) is 16.3. The summed E-state index contributed by atoms with van der Waals surface area (Å²) in [6.45, 7) is 3.98. The van der Waals surface area contributed by atoms with E-state index in [-0.39, 0.29) is 12.0 Å². The second-order valence-corrected chi connectivity index (χ2v) is 7.28. The second-order valence-electron chi connectivity index (χ2n) is 7.28. The number of hydrogen-bond acceptors (Lipinski definition) is 7. The average molecular weight is 393 g/mol. The maximum atomic E-state index is 6.09. The van der Waals surface area contributed by atoms with Crippen molar-refractivity contribution in [2.75, 3.05) is 19.6 Å². The monoisotopic (exact) mass is 393 g/mol. The highest BCUT2D eigenvalue weighted by molar-refractivity contribution is 5.12. The largest absolute Gasteiger partial charge is 0.348 e. The van der Waals surface area contributed by atoms with Crippen LogP contribution in [0.3, 0.4) is 0 Å². The number of pyridine rings is 2. The number of piperidine rings is 1.